The van der Waals surface area contributed by atoms with E-state index in [2.05, 4.69) is 25.6 Å². The van der Waals surface area contributed by atoms with Crippen LogP contribution in [0.15, 0.2) is 6.20 Å². The Bertz CT molecular complexity index is 927. The predicted octanol–water partition coefficient (Wildman–Crippen LogP) is 3.31. The number of rotatable bonds is 7. The molecular formula is C13H13Cl5N8O4. The van der Waals surface area contributed by atoms with Crippen molar-refractivity contribution in [2.45, 2.75) is 23.4 Å². The minimum absolute atomic E-state index is 0.0229. The van der Waals surface area contributed by atoms with Crippen molar-refractivity contribution < 1.29 is 14.5 Å². The van der Waals surface area contributed by atoms with E-state index < -0.39 is 21.0 Å². The zero-order valence-electron chi connectivity index (χ0n) is 14.9. The number of amides is 1. The molecule has 4 N–H and O–H groups in total. The van der Waals surface area contributed by atoms with Crippen molar-refractivity contribution in [3.63, 3.8) is 0 Å². The van der Waals surface area contributed by atoms with E-state index in [1.54, 1.807) is 6.92 Å². The van der Waals surface area contributed by atoms with Crippen molar-refractivity contribution in [3.05, 3.63) is 32.4 Å². The van der Waals surface area contributed by atoms with E-state index in [0.29, 0.717) is 5.82 Å². The number of nitrogen functional groups attached to an aromatic ring is 1. The molecule has 12 nitrogen and oxygen atoms in total. The van der Waals surface area contributed by atoms with E-state index >= 15 is 0 Å². The fourth-order valence-electron chi connectivity index (χ4n) is 2.15. The monoisotopic (exact) mass is 520 g/mol. The van der Waals surface area contributed by atoms with Crippen LogP contribution in [0, 0.1) is 17.0 Å². The minimum atomic E-state index is -2.08. The molecular weight excluding hydrogens is 509 g/mol. The second-order valence-electron chi connectivity index (χ2n) is 5.51. The van der Waals surface area contributed by atoms with Crippen LogP contribution in [0.3, 0.4) is 0 Å². The third kappa shape index (κ3) is 6.25. The Morgan fingerprint density at radius 1 is 1.37 bits per heavy atom. The van der Waals surface area contributed by atoms with Gasteiger partial charge in [-0.2, -0.15) is 9.97 Å². The van der Waals surface area contributed by atoms with Gasteiger partial charge in [0.15, 0.2) is 22.3 Å². The molecule has 1 unspecified atom stereocenters. The Balaban J connectivity index is 2.03. The summed E-state index contributed by atoms with van der Waals surface area (Å²) in [4.78, 5) is 33.7. The number of carbonyl (C=O) groups excluding carboxylic acids is 1. The van der Waals surface area contributed by atoms with Crippen molar-refractivity contribution >= 4 is 81.6 Å². The molecule has 30 heavy (non-hydrogen) atoms. The topological polar surface area (TPSA) is 163 Å². The summed E-state index contributed by atoms with van der Waals surface area (Å²) in [6.07, 6.45) is -1.27. The second-order valence-corrected chi connectivity index (χ2v) is 8.59. The molecule has 1 amide bonds. The number of imidazole rings is 1. The molecule has 2 heterocycles. The standard InChI is InChI=1S/C13H13Cl5N8O4/c1-5-20-4-6(26(28)29)25(5)2-3-30-12(27)24-10(13(16,17)18)21-7-8(14)22-11(19)23-9(7)15/h4,10,21H,2-3H2,1H3,(H,24,27)(H2,19,22,23). The number of hydrogen-bond acceptors (Lipinski definition) is 9. The number of nitrogens with one attached hydrogen (secondary N) is 2. The number of nitrogens with zero attached hydrogens (tertiary/aromatic N) is 5. The Morgan fingerprint density at radius 3 is 2.50 bits per heavy atom. The van der Waals surface area contributed by atoms with E-state index in [1.165, 1.54) is 4.57 Å². The summed E-state index contributed by atoms with van der Waals surface area (Å²) < 4.78 is 4.18. The molecule has 0 radical (unpaired) electrons. The lowest BCUT2D eigenvalue weighted by Crippen LogP contribution is -2.49. The second kappa shape index (κ2) is 9.88. The number of anilines is 2. The molecule has 1 atom stereocenters. The number of hydrogen-bond donors (Lipinski definition) is 3. The van der Waals surface area contributed by atoms with Gasteiger partial charge in [-0.25, -0.2) is 14.3 Å². The molecule has 0 bridgehead atoms. The Labute approximate surface area is 194 Å². The average Bonchev–Trinajstić information content (AvgIpc) is 2.97. The molecule has 0 spiro atoms. The smallest absolute Gasteiger partial charge is 0.409 e. The molecule has 164 valence electrons. The van der Waals surface area contributed by atoms with Crippen LogP contribution in [-0.2, 0) is 11.3 Å². The van der Waals surface area contributed by atoms with Crippen molar-refractivity contribution in [3.8, 4) is 0 Å². The molecule has 0 saturated carbocycles. The van der Waals surface area contributed by atoms with Gasteiger partial charge in [0.1, 0.15) is 25.0 Å². The van der Waals surface area contributed by atoms with E-state index in [1.807, 2.05) is 0 Å². The van der Waals surface area contributed by atoms with Crippen molar-refractivity contribution in [2.24, 2.45) is 0 Å². The van der Waals surface area contributed by atoms with Crippen LogP contribution in [-0.4, -0.2) is 47.1 Å². The van der Waals surface area contributed by atoms with Gasteiger partial charge in [-0.1, -0.05) is 58.0 Å². The largest absolute Gasteiger partial charge is 0.445 e. The molecule has 2 aromatic rings. The van der Waals surface area contributed by atoms with Crippen LogP contribution in [0.2, 0.25) is 10.3 Å². The normalized spacial score (nSPS) is 12.3. The number of aryl methyl sites for hydroxylation is 1. The molecule has 0 aliphatic carbocycles. The van der Waals surface area contributed by atoms with Gasteiger partial charge in [0, 0.05) is 6.92 Å². The zero-order chi connectivity index (χ0) is 22.6. The van der Waals surface area contributed by atoms with Gasteiger partial charge >= 0.3 is 11.9 Å². The maximum atomic E-state index is 12.1. The van der Waals surface area contributed by atoms with E-state index in [4.69, 9.17) is 68.5 Å². The fraction of sp³-hybridized carbons (Fsp3) is 0.385. The van der Waals surface area contributed by atoms with Crippen LogP contribution in [0.25, 0.3) is 0 Å². The maximum absolute atomic E-state index is 12.1. The summed E-state index contributed by atoms with van der Waals surface area (Å²) in [6, 6.07) is 0. The lowest BCUT2D eigenvalue weighted by molar-refractivity contribution is -0.392. The molecule has 2 aromatic heterocycles. The molecule has 0 fully saturated rings. The van der Waals surface area contributed by atoms with E-state index in [0.717, 1.165) is 6.20 Å². The average molecular weight is 523 g/mol. The zero-order valence-corrected chi connectivity index (χ0v) is 18.7. The Morgan fingerprint density at radius 2 is 1.97 bits per heavy atom. The number of nitrogens with two attached hydrogens (primary N) is 1. The van der Waals surface area contributed by atoms with Gasteiger partial charge < -0.3 is 25.9 Å². The maximum Gasteiger partial charge on any atom is 0.409 e. The van der Waals surface area contributed by atoms with Gasteiger partial charge in [-0.15, -0.1) is 0 Å². The van der Waals surface area contributed by atoms with Crippen molar-refractivity contribution in [1.82, 2.24) is 24.8 Å². The minimum Gasteiger partial charge on any atom is -0.445 e. The van der Waals surface area contributed by atoms with Gasteiger partial charge in [0.25, 0.3) is 0 Å². The number of aromatic nitrogens is 4. The molecule has 0 aliphatic rings. The summed E-state index contributed by atoms with van der Waals surface area (Å²) in [5.74, 6) is -0.0543. The van der Waals surface area contributed by atoms with Crippen LogP contribution < -0.4 is 16.4 Å². The van der Waals surface area contributed by atoms with Crippen LogP contribution in [0.4, 0.5) is 22.2 Å². The van der Waals surface area contributed by atoms with Crippen LogP contribution >= 0.6 is 58.0 Å². The van der Waals surface area contributed by atoms with E-state index in [-0.39, 0.29) is 40.9 Å². The molecule has 0 aromatic carbocycles. The first-order chi connectivity index (χ1) is 13.9. The Kier molecular flexibility index (Phi) is 7.99. The fourth-order valence-corrected chi connectivity index (χ4v) is 2.99. The number of alkyl halides is 3. The summed E-state index contributed by atoms with van der Waals surface area (Å²) in [5.41, 5.74) is 5.38. The van der Waals surface area contributed by atoms with Gasteiger partial charge in [0.2, 0.25) is 9.74 Å². The molecule has 2 rings (SSSR count). The quantitative estimate of drug-likeness (QED) is 0.163. The summed E-state index contributed by atoms with van der Waals surface area (Å²) in [7, 11) is 0. The highest BCUT2D eigenvalue weighted by molar-refractivity contribution is 6.68. The van der Waals surface area contributed by atoms with Crippen molar-refractivity contribution in [1.29, 1.82) is 0 Å². The van der Waals surface area contributed by atoms with Crippen LogP contribution in [0.5, 0.6) is 0 Å². The first kappa shape index (κ1) is 24.3. The third-order valence-corrected chi connectivity index (χ3v) is 4.69. The number of nitro groups is 1. The number of carbonyl (C=O) groups is 1. The summed E-state index contributed by atoms with van der Waals surface area (Å²) in [6.45, 7) is 1.31. The summed E-state index contributed by atoms with van der Waals surface area (Å²) >= 11 is 29.5. The molecule has 17 heteroatoms. The van der Waals surface area contributed by atoms with E-state index in [9.17, 15) is 14.9 Å². The first-order valence-corrected chi connectivity index (χ1v) is 9.70. The first-order valence-electron chi connectivity index (χ1n) is 7.81. The lowest BCUT2D eigenvalue weighted by Gasteiger charge is -2.27. The number of halogens is 5. The van der Waals surface area contributed by atoms with Gasteiger partial charge in [-0.05, 0) is 4.92 Å². The molecule has 0 saturated heterocycles. The Hall–Kier alpha value is -1.99. The van der Waals surface area contributed by atoms with Crippen LogP contribution in [0.1, 0.15) is 5.82 Å². The SMILES string of the molecule is Cc1ncc([N+](=O)[O-])n1CCOC(=O)NC(Nc1c(Cl)nc(N)nc1Cl)C(Cl)(Cl)Cl. The highest BCUT2D eigenvalue weighted by atomic mass is 35.6. The summed E-state index contributed by atoms with van der Waals surface area (Å²) in [5, 5.41) is 15.5. The lowest BCUT2D eigenvalue weighted by atomic mass is 10.4. The van der Waals surface area contributed by atoms with Gasteiger partial charge in [-0.3, -0.25) is 5.32 Å². The highest BCUT2D eigenvalue weighted by Crippen LogP contribution is 2.35. The van der Waals surface area contributed by atoms with Crippen molar-refractivity contribution in [2.75, 3.05) is 17.7 Å². The number of alkyl carbamates (subject to hydrolysis) is 1. The third-order valence-electron chi connectivity index (χ3n) is 3.49. The molecule has 0 aliphatic heterocycles. The van der Waals surface area contributed by atoms with Gasteiger partial charge in [0.05, 0.1) is 0 Å². The predicted molar refractivity (Wildman–Crippen MR) is 112 cm³/mol. The highest BCUT2D eigenvalue weighted by Gasteiger charge is 2.36. The number of ether oxygens (including phenoxy) is 1.